The molecule has 2 rings (SSSR count). The molecule has 0 spiro atoms. The van der Waals surface area contributed by atoms with Crippen molar-refractivity contribution in [1.29, 1.82) is 0 Å². The quantitative estimate of drug-likeness (QED) is 0.713. The molecule has 0 aromatic heterocycles. The Labute approximate surface area is 142 Å². The second-order valence-corrected chi connectivity index (χ2v) is 5.82. The molecule has 0 bridgehead atoms. The van der Waals surface area contributed by atoms with Gasteiger partial charge in [-0.25, -0.2) is 9.10 Å². The molecule has 3 amide bonds. The van der Waals surface area contributed by atoms with Crippen LogP contribution in [0.25, 0.3) is 0 Å². The number of hydrogen-bond donors (Lipinski definition) is 3. The maximum Gasteiger partial charge on any atom is 0.332 e. The summed E-state index contributed by atoms with van der Waals surface area (Å²) in [4.78, 5) is 23.0. The molecule has 2 aromatic rings. The van der Waals surface area contributed by atoms with Crippen LogP contribution >= 0.6 is 28.7 Å². The Morgan fingerprint density at radius 3 is 2.23 bits per heavy atom. The number of halogens is 1. The zero-order chi connectivity index (χ0) is 16.1. The number of carbonyl (C=O) groups excluding carboxylic acids is 2. The van der Waals surface area contributed by atoms with E-state index in [1.165, 1.54) is 4.31 Å². The van der Waals surface area contributed by atoms with Crippen LogP contribution < -0.4 is 15.4 Å². The monoisotopic (exact) mass is 379 g/mol. The first kappa shape index (κ1) is 16.4. The van der Waals surface area contributed by atoms with Gasteiger partial charge in [0.25, 0.3) is 0 Å². The lowest BCUT2D eigenvalue weighted by Gasteiger charge is -2.16. The summed E-state index contributed by atoms with van der Waals surface area (Å²) >= 11 is 7.52. The molecule has 0 fully saturated rings. The SMILES string of the molecule is NC(=O)c1ccc(N(S)C(=O)NCc2ccc(Br)cc2)cc1. The predicted octanol–water partition coefficient (Wildman–Crippen LogP) is 3.11. The van der Waals surface area contributed by atoms with Gasteiger partial charge in [0.15, 0.2) is 0 Å². The highest BCUT2D eigenvalue weighted by molar-refractivity contribution is 9.10. The Bertz CT molecular complexity index is 674. The normalized spacial score (nSPS) is 10.1. The maximum absolute atomic E-state index is 12.0. The van der Waals surface area contributed by atoms with Gasteiger partial charge in [0, 0.05) is 16.6 Å². The van der Waals surface area contributed by atoms with Crippen LogP contribution in [-0.4, -0.2) is 11.9 Å². The molecule has 0 saturated heterocycles. The number of benzene rings is 2. The first-order valence-corrected chi connectivity index (χ1v) is 7.58. The lowest BCUT2D eigenvalue weighted by molar-refractivity contribution is 0.100. The number of carbonyl (C=O) groups is 2. The van der Waals surface area contributed by atoms with Gasteiger partial charge in [0.2, 0.25) is 5.91 Å². The van der Waals surface area contributed by atoms with Crippen LogP contribution in [0, 0.1) is 0 Å². The van der Waals surface area contributed by atoms with Gasteiger partial charge < -0.3 is 11.1 Å². The highest BCUT2D eigenvalue weighted by atomic mass is 79.9. The van der Waals surface area contributed by atoms with Crippen molar-refractivity contribution in [1.82, 2.24) is 5.32 Å². The van der Waals surface area contributed by atoms with E-state index in [0.29, 0.717) is 17.8 Å². The fourth-order valence-electron chi connectivity index (χ4n) is 1.74. The van der Waals surface area contributed by atoms with Crippen LogP contribution in [-0.2, 0) is 6.54 Å². The highest BCUT2D eigenvalue weighted by Gasteiger charge is 2.12. The number of nitrogens with zero attached hydrogens (tertiary/aromatic N) is 1. The minimum absolute atomic E-state index is 0.363. The van der Waals surface area contributed by atoms with Crippen LogP contribution in [0.4, 0.5) is 10.5 Å². The summed E-state index contributed by atoms with van der Waals surface area (Å²) in [5, 5.41) is 2.76. The zero-order valence-electron chi connectivity index (χ0n) is 11.5. The van der Waals surface area contributed by atoms with E-state index in [-0.39, 0.29) is 6.03 Å². The third kappa shape index (κ3) is 4.25. The Morgan fingerprint density at radius 1 is 1.09 bits per heavy atom. The average Bonchev–Trinajstić information content (AvgIpc) is 2.53. The molecule has 0 aliphatic heterocycles. The van der Waals surface area contributed by atoms with E-state index in [4.69, 9.17) is 5.73 Å². The number of amides is 3. The maximum atomic E-state index is 12.0. The number of urea groups is 1. The number of anilines is 1. The first-order valence-electron chi connectivity index (χ1n) is 6.38. The van der Waals surface area contributed by atoms with Crippen molar-refractivity contribution < 1.29 is 9.59 Å². The second kappa shape index (κ2) is 7.33. The number of nitrogens with two attached hydrogens (primary N) is 1. The summed E-state index contributed by atoms with van der Waals surface area (Å²) in [6.07, 6.45) is 0. The average molecular weight is 380 g/mol. The number of hydrogen-bond acceptors (Lipinski definition) is 3. The molecular weight excluding hydrogens is 366 g/mol. The highest BCUT2D eigenvalue weighted by Crippen LogP contribution is 2.17. The summed E-state index contributed by atoms with van der Waals surface area (Å²) in [6, 6.07) is 13.6. The van der Waals surface area contributed by atoms with Crippen molar-refractivity contribution in [3.63, 3.8) is 0 Å². The van der Waals surface area contributed by atoms with Crippen LogP contribution in [0.5, 0.6) is 0 Å². The van der Waals surface area contributed by atoms with Crippen molar-refractivity contribution in [3.8, 4) is 0 Å². The number of thiol groups is 1. The molecule has 0 heterocycles. The standard InChI is InChI=1S/C15H14BrN3O2S/c16-12-5-1-10(2-6-12)9-18-15(21)19(22)13-7-3-11(4-8-13)14(17)20/h1-8,22H,9H2,(H2,17,20)(H,18,21). The molecule has 0 radical (unpaired) electrons. The van der Waals surface area contributed by atoms with E-state index in [1.807, 2.05) is 24.3 Å². The van der Waals surface area contributed by atoms with Crippen LogP contribution in [0.3, 0.4) is 0 Å². The van der Waals surface area contributed by atoms with Gasteiger partial charge in [0.1, 0.15) is 0 Å². The zero-order valence-corrected chi connectivity index (χ0v) is 14.0. The Balaban J connectivity index is 1.96. The second-order valence-electron chi connectivity index (χ2n) is 4.51. The van der Waals surface area contributed by atoms with Crippen LogP contribution in [0.2, 0.25) is 0 Å². The van der Waals surface area contributed by atoms with Gasteiger partial charge in [-0.2, -0.15) is 0 Å². The molecule has 0 aliphatic rings. The molecule has 2 aromatic carbocycles. The van der Waals surface area contributed by atoms with Gasteiger partial charge in [-0.15, -0.1) is 0 Å². The van der Waals surface area contributed by atoms with Gasteiger partial charge in [0.05, 0.1) is 5.69 Å². The van der Waals surface area contributed by atoms with E-state index < -0.39 is 5.91 Å². The summed E-state index contributed by atoms with van der Waals surface area (Å²) in [6.45, 7) is 0.391. The summed E-state index contributed by atoms with van der Waals surface area (Å²) in [5.41, 5.74) is 7.06. The topological polar surface area (TPSA) is 75.4 Å². The van der Waals surface area contributed by atoms with Crippen molar-refractivity contribution >= 4 is 46.4 Å². The fraction of sp³-hybridized carbons (Fsp3) is 0.0667. The van der Waals surface area contributed by atoms with Crippen molar-refractivity contribution in [2.24, 2.45) is 5.73 Å². The van der Waals surface area contributed by atoms with Gasteiger partial charge in [-0.3, -0.25) is 4.79 Å². The molecule has 114 valence electrons. The first-order chi connectivity index (χ1) is 10.5. The largest absolute Gasteiger partial charge is 0.366 e. The Morgan fingerprint density at radius 2 is 1.68 bits per heavy atom. The third-order valence-corrected chi connectivity index (χ3v) is 3.89. The summed E-state index contributed by atoms with van der Waals surface area (Å²) in [5.74, 6) is -0.517. The minimum atomic E-state index is -0.517. The van der Waals surface area contributed by atoms with Gasteiger partial charge in [-0.05, 0) is 42.0 Å². The molecule has 3 N–H and O–H groups in total. The van der Waals surface area contributed by atoms with Gasteiger partial charge in [-0.1, -0.05) is 40.9 Å². The van der Waals surface area contributed by atoms with Crippen LogP contribution in [0.15, 0.2) is 53.0 Å². The summed E-state index contributed by atoms with van der Waals surface area (Å²) in [7, 11) is 0. The molecule has 0 saturated carbocycles. The van der Waals surface area contributed by atoms with Crippen LogP contribution in [0.1, 0.15) is 15.9 Å². The van der Waals surface area contributed by atoms with Crippen molar-refractivity contribution in [2.45, 2.75) is 6.54 Å². The Kier molecular flexibility index (Phi) is 5.46. The van der Waals surface area contributed by atoms with E-state index in [0.717, 1.165) is 10.0 Å². The van der Waals surface area contributed by atoms with Crippen molar-refractivity contribution in [2.75, 3.05) is 4.31 Å². The number of rotatable bonds is 4. The lowest BCUT2D eigenvalue weighted by atomic mass is 10.2. The van der Waals surface area contributed by atoms with E-state index >= 15 is 0 Å². The summed E-state index contributed by atoms with van der Waals surface area (Å²) < 4.78 is 2.15. The molecule has 0 unspecified atom stereocenters. The number of primary amides is 1. The predicted molar refractivity (Wildman–Crippen MR) is 92.8 cm³/mol. The molecule has 22 heavy (non-hydrogen) atoms. The molecular formula is C15H14BrN3O2S. The smallest absolute Gasteiger partial charge is 0.332 e. The molecule has 7 heteroatoms. The van der Waals surface area contributed by atoms with Crippen molar-refractivity contribution in [3.05, 3.63) is 64.1 Å². The molecule has 0 aliphatic carbocycles. The lowest BCUT2D eigenvalue weighted by Crippen LogP contribution is -2.33. The minimum Gasteiger partial charge on any atom is -0.366 e. The van der Waals surface area contributed by atoms with Gasteiger partial charge >= 0.3 is 6.03 Å². The van der Waals surface area contributed by atoms with E-state index in [9.17, 15) is 9.59 Å². The van der Waals surface area contributed by atoms with E-state index in [2.05, 4.69) is 34.1 Å². The number of nitrogens with one attached hydrogen (secondary N) is 1. The van der Waals surface area contributed by atoms with E-state index in [1.54, 1.807) is 24.3 Å². The molecule has 0 atom stereocenters. The third-order valence-electron chi connectivity index (χ3n) is 2.95. The molecule has 5 nitrogen and oxygen atoms in total. The fourth-order valence-corrected chi connectivity index (χ4v) is 2.21. The Hall–Kier alpha value is -1.99.